The zero-order valence-corrected chi connectivity index (χ0v) is 15.3. The number of hydrogen-bond acceptors (Lipinski definition) is 3. The molecule has 1 saturated heterocycles. The molecule has 0 unspecified atom stereocenters. The number of amides is 1. The summed E-state index contributed by atoms with van der Waals surface area (Å²) >= 11 is 6.10. The molecule has 134 valence electrons. The predicted octanol–water partition coefficient (Wildman–Crippen LogP) is 2.96. The van der Waals surface area contributed by atoms with Gasteiger partial charge in [-0.3, -0.25) is 14.4 Å². The number of aromatic nitrogens is 2. The highest BCUT2D eigenvalue weighted by Crippen LogP contribution is 2.22. The molecular weight excluding hydrogens is 343 g/mol. The largest absolute Gasteiger partial charge is 0.336 e. The van der Waals surface area contributed by atoms with Gasteiger partial charge in [0.2, 0.25) is 0 Å². The van der Waals surface area contributed by atoms with Crippen molar-refractivity contribution in [1.29, 1.82) is 0 Å². The van der Waals surface area contributed by atoms with Crippen molar-refractivity contribution in [2.24, 2.45) is 0 Å². The van der Waals surface area contributed by atoms with E-state index in [0.717, 1.165) is 12.2 Å². The number of rotatable bonds is 4. The average Bonchev–Trinajstić information content (AvgIpc) is 2.99. The quantitative estimate of drug-likeness (QED) is 0.837. The van der Waals surface area contributed by atoms with E-state index < -0.39 is 0 Å². The molecule has 0 atom stereocenters. The lowest BCUT2D eigenvalue weighted by atomic mass is 10.1. The molecule has 25 heavy (non-hydrogen) atoms. The fourth-order valence-electron chi connectivity index (χ4n) is 3.16. The SMILES string of the molecule is CCn1ncc(C(=O)N2CCN(Cc3c(F)cccc3Cl)CC2)c1C. The van der Waals surface area contributed by atoms with Crippen LogP contribution in [-0.4, -0.2) is 51.7 Å². The summed E-state index contributed by atoms with van der Waals surface area (Å²) in [5.41, 5.74) is 2.07. The van der Waals surface area contributed by atoms with Crippen LogP contribution in [0.1, 0.15) is 28.5 Å². The molecule has 1 amide bonds. The predicted molar refractivity (Wildman–Crippen MR) is 95.2 cm³/mol. The van der Waals surface area contributed by atoms with Gasteiger partial charge in [0.1, 0.15) is 5.82 Å². The van der Waals surface area contributed by atoms with Crippen LogP contribution in [0.3, 0.4) is 0 Å². The minimum Gasteiger partial charge on any atom is -0.336 e. The average molecular weight is 365 g/mol. The van der Waals surface area contributed by atoms with Gasteiger partial charge in [0, 0.05) is 55.5 Å². The normalized spacial score (nSPS) is 15.6. The third-order valence-corrected chi connectivity index (χ3v) is 5.09. The van der Waals surface area contributed by atoms with Gasteiger partial charge in [0.05, 0.1) is 11.8 Å². The maximum absolute atomic E-state index is 13.9. The van der Waals surface area contributed by atoms with Crippen LogP contribution in [0.25, 0.3) is 0 Å². The molecule has 7 heteroatoms. The van der Waals surface area contributed by atoms with Gasteiger partial charge in [-0.2, -0.15) is 5.10 Å². The number of nitrogens with zero attached hydrogens (tertiary/aromatic N) is 4. The maximum atomic E-state index is 13.9. The number of piperazine rings is 1. The lowest BCUT2D eigenvalue weighted by Gasteiger charge is -2.34. The Morgan fingerprint density at radius 2 is 2.00 bits per heavy atom. The van der Waals surface area contributed by atoms with E-state index in [1.807, 2.05) is 23.4 Å². The van der Waals surface area contributed by atoms with E-state index in [1.165, 1.54) is 6.07 Å². The highest BCUT2D eigenvalue weighted by atomic mass is 35.5. The molecule has 1 fully saturated rings. The Bertz CT molecular complexity index is 748. The van der Waals surface area contributed by atoms with Gasteiger partial charge in [-0.1, -0.05) is 17.7 Å². The van der Waals surface area contributed by atoms with Crippen LogP contribution in [-0.2, 0) is 13.1 Å². The Balaban J connectivity index is 1.62. The third-order valence-electron chi connectivity index (χ3n) is 4.74. The fraction of sp³-hybridized carbons (Fsp3) is 0.444. The molecule has 1 aromatic carbocycles. The molecule has 0 radical (unpaired) electrons. The molecule has 0 saturated carbocycles. The van der Waals surface area contributed by atoms with Crippen molar-refractivity contribution < 1.29 is 9.18 Å². The molecule has 0 N–H and O–H groups in total. The molecule has 1 aliphatic rings. The molecule has 0 spiro atoms. The second-order valence-corrected chi connectivity index (χ2v) is 6.64. The van der Waals surface area contributed by atoms with Gasteiger partial charge in [-0.25, -0.2) is 4.39 Å². The van der Waals surface area contributed by atoms with Crippen LogP contribution in [0.15, 0.2) is 24.4 Å². The summed E-state index contributed by atoms with van der Waals surface area (Å²) in [6, 6.07) is 4.74. The fourth-order valence-corrected chi connectivity index (χ4v) is 3.38. The molecule has 1 aliphatic heterocycles. The number of carbonyl (C=O) groups excluding carboxylic acids is 1. The van der Waals surface area contributed by atoms with E-state index >= 15 is 0 Å². The lowest BCUT2D eigenvalue weighted by molar-refractivity contribution is 0.0626. The Morgan fingerprint density at radius 1 is 1.28 bits per heavy atom. The highest BCUT2D eigenvalue weighted by molar-refractivity contribution is 6.31. The first-order valence-electron chi connectivity index (χ1n) is 8.48. The summed E-state index contributed by atoms with van der Waals surface area (Å²) in [7, 11) is 0. The maximum Gasteiger partial charge on any atom is 0.257 e. The number of benzene rings is 1. The number of halogens is 2. The van der Waals surface area contributed by atoms with E-state index in [1.54, 1.807) is 18.3 Å². The van der Waals surface area contributed by atoms with Crippen molar-refractivity contribution in [3.05, 3.63) is 52.1 Å². The molecule has 2 heterocycles. The molecule has 0 aliphatic carbocycles. The molecule has 1 aromatic heterocycles. The second kappa shape index (κ2) is 7.54. The summed E-state index contributed by atoms with van der Waals surface area (Å²) in [5.74, 6) is -0.269. The second-order valence-electron chi connectivity index (χ2n) is 6.23. The van der Waals surface area contributed by atoms with Gasteiger partial charge >= 0.3 is 0 Å². The Kier molecular flexibility index (Phi) is 5.39. The van der Waals surface area contributed by atoms with Crippen LogP contribution in [0, 0.1) is 12.7 Å². The van der Waals surface area contributed by atoms with Gasteiger partial charge in [-0.05, 0) is 26.0 Å². The standard InChI is InChI=1S/C18H22ClFN4O/c1-3-24-13(2)14(11-21-24)18(25)23-9-7-22(8-10-23)12-15-16(19)5-4-6-17(15)20/h4-6,11H,3,7-10,12H2,1-2H3. The summed E-state index contributed by atoms with van der Waals surface area (Å²) in [6.07, 6.45) is 1.65. The molecule has 0 bridgehead atoms. The van der Waals surface area contributed by atoms with Crippen molar-refractivity contribution in [2.75, 3.05) is 26.2 Å². The van der Waals surface area contributed by atoms with Crippen LogP contribution >= 0.6 is 11.6 Å². The number of hydrogen-bond donors (Lipinski definition) is 0. The van der Waals surface area contributed by atoms with E-state index in [9.17, 15) is 9.18 Å². The molecular formula is C18H22ClFN4O. The first kappa shape index (κ1) is 17.9. The van der Waals surface area contributed by atoms with E-state index in [-0.39, 0.29) is 11.7 Å². The van der Waals surface area contributed by atoms with Gasteiger partial charge in [-0.15, -0.1) is 0 Å². The minimum atomic E-state index is -0.284. The molecule has 2 aromatic rings. The van der Waals surface area contributed by atoms with Crippen LogP contribution in [0.4, 0.5) is 4.39 Å². The zero-order chi connectivity index (χ0) is 18.0. The van der Waals surface area contributed by atoms with Crippen molar-refractivity contribution in [1.82, 2.24) is 19.6 Å². The number of aryl methyl sites for hydroxylation is 1. The highest BCUT2D eigenvalue weighted by Gasteiger charge is 2.25. The first-order chi connectivity index (χ1) is 12.0. The molecule has 5 nitrogen and oxygen atoms in total. The van der Waals surface area contributed by atoms with Gasteiger partial charge < -0.3 is 4.90 Å². The van der Waals surface area contributed by atoms with Crippen molar-refractivity contribution >= 4 is 17.5 Å². The van der Waals surface area contributed by atoms with E-state index in [4.69, 9.17) is 11.6 Å². The minimum absolute atomic E-state index is 0.0146. The summed E-state index contributed by atoms with van der Waals surface area (Å²) < 4.78 is 15.8. The molecule has 3 rings (SSSR count). The van der Waals surface area contributed by atoms with Gasteiger partial charge in [0.25, 0.3) is 5.91 Å². The van der Waals surface area contributed by atoms with E-state index in [0.29, 0.717) is 48.9 Å². The van der Waals surface area contributed by atoms with Crippen LogP contribution in [0.2, 0.25) is 5.02 Å². The Hall–Kier alpha value is -1.92. The summed E-state index contributed by atoms with van der Waals surface area (Å²) in [5, 5.41) is 4.69. The summed E-state index contributed by atoms with van der Waals surface area (Å²) in [4.78, 5) is 16.7. The van der Waals surface area contributed by atoms with Gasteiger partial charge in [0.15, 0.2) is 0 Å². The smallest absolute Gasteiger partial charge is 0.257 e. The van der Waals surface area contributed by atoms with E-state index in [2.05, 4.69) is 10.00 Å². The first-order valence-corrected chi connectivity index (χ1v) is 8.86. The summed E-state index contributed by atoms with van der Waals surface area (Å²) in [6.45, 7) is 7.73. The van der Waals surface area contributed by atoms with Crippen molar-refractivity contribution in [3.8, 4) is 0 Å². The topological polar surface area (TPSA) is 41.4 Å². The monoisotopic (exact) mass is 364 g/mol. The van der Waals surface area contributed by atoms with Crippen LogP contribution < -0.4 is 0 Å². The van der Waals surface area contributed by atoms with Crippen LogP contribution in [0.5, 0.6) is 0 Å². The zero-order valence-electron chi connectivity index (χ0n) is 14.5. The Morgan fingerprint density at radius 3 is 2.60 bits per heavy atom. The Labute approximate surface area is 152 Å². The number of carbonyl (C=O) groups is 1. The lowest BCUT2D eigenvalue weighted by Crippen LogP contribution is -2.48. The van der Waals surface area contributed by atoms with Crippen molar-refractivity contribution in [2.45, 2.75) is 26.9 Å². The van der Waals surface area contributed by atoms with Crippen molar-refractivity contribution in [3.63, 3.8) is 0 Å². The third kappa shape index (κ3) is 3.70.